The molecule has 26 heavy (non-hydrogen) atoms. The third kappa shape index (κ3) is 4.99. The molecule has 1 aliphatic rings. The maximum Gasteiger partial charge on any atom is 0.257 e. The van der Waals surface area contributed by atoms with Crippen LogP contribution in [0.1, 0.15) is 35.3 Å². The monoisotopic (exact) mass is 381 g/mol. The topological polar surface area (TPSA) is 45.2 Å². The SMILES string of the molecule is Cl.O=C(c1cc(F)ccc1F)N(Cc1ccccn1)C1CCCNCC1. The number of amides is 1. The molecule has 3 rings (SSSR count). The summed E-state index contributed by atoms with van der Waals surface area (Å²) in [6.07, 6.45) is 4.19. The molecule has 1 aliphatic heterocycles. The van der Waals surface area contributed by atoms with Crippen LogP contribution in [0.5, 0.6) is 0 Å². The molecule has 0 spiro atoms. The minimum absolute atomic E-state index is 0. The molecule has 1 atom stereocenters. The quantitative estimate of drug-likeness (QED) is 0.880. The molecule has 1 unspecified atom stereocenters. The molecule has 0 radical (unpaired) electrons. The number of nitrogens with zero attached hydrogens (tertiary/aromatic N) is 2. The highest BCUT2D eigenvalue weighted by atomic mass is 35.5. The number of halogens is 3. The zero-order valence-corrected chi connectivity index (χ0v) is 15.1. The van der Waals surface area contributed by atoms with Crippen LogP contribution in [-0.4, -0.2) is 34.9 Å². The summed E-state index contributed by atoms with van der Waals surface area (Å²) in [7, 11) is 0. The molecule has 1 aromatic carbocycles. The Hall–Kier alpha value is -2.05. The van der Waals surface area contributed by atoms with Crippen LogP contribution in [0.2, 0.25) is 0 Å². The van der Waals surface area contributed by atoms with E-state index in [0.29, 0.717) is 0 Å². The molecule has 1 aromatic heterocycles. The van der Waals surface area contributed by atoms with E-state index in [1.165, 1.54) is 0 Å². The molecule has 7 heteroatoms. The summed E-state index contributed by atoms with van der Waals surface area (Å²) in [5.74, 6) is -1.82. The standard InChI is InChI=1S/C19H21F2N3O.ClH/c20-14-6-7-18(21)17(12-14)19(25)24(13-15-4-1-2-10-23-15)16-5-3-9-22-11-8-16;/h1-2,4,6-7,10,12,16,22H,3,5,8-9,11,13H2;1H. The Labute approximate surface area is 158 Å². The van der Waals surface area contributed by atoms with Crippen LogP contribution in [0, 0.1) is 11.6 Å². The Bertz CT molecular complexity index is 722. The van der Waals surface area contributed by atoms with Gasteiger partial charge in [0.05, 0.1) is 17.8 Å². The Morgan fingerprint density at radius 3 is 2.81 bits per heavy atom. The highest BCUT2D eigenvalue weighted by Crippen LogP contribution is 2.21. The molecule has 1 N–H and O–H groups in total. The highest BCUT2D eigenvalue weighted by molar-refractivity contribution is 5.94. The van der Waals surface area contributed by atoms with Crippen molar-refractivity contribution in [1.82, 2.24) is 15.2 Å². The summed E-state index contributed by atoms with van der Waals surface area (Å²) in [5, 5.41) is 3.31. The molecular formula is C19H22ClF2N3O. The molecule has 2 aromatic rings. The first kappa shape index (κ1) is 20.3. The molecule has 0 bridgehead atoms. The fraction of sp³-hybridized carbons (Fsp3) is 0.368. The van der Waals surface area contributed by atoms with Gasteiger partial charge in [0.25, 0.3) is 5.91 Å². The van der Waals surface area contributed by atoms with Gasteiger partial charge in [-0.05, 0) is 62.7 Å². The van der Waals surface area contributed by atoms with E-state index in [2.05, 4.69) is 10.3 Å². The van der Waals surface area contributed by atoms with Gasteiger partial charge in [0, 0.05) is 12.2 Å². The van der Waals surface area contributed by atoms with E-state index >= 15 is 0 Å². The van der Waals surface area contributed by atoms with Gasteiger partial charge in [-0.25, -0.2) is 8.78 Å². The van der Waals surface area contributed by atoms with Crippen LogP contribution < -0.4 is 5.32 Å². The molecule has 2 heterocycles. The van der Waals surface area contributed by atoms with Crippen molar-refractivity contribution in [2.45, 2.75) is 31.8 Å². The van der Waals surface area contributed by atoms with Crippen LogP contribution in [0.25, 0.3) is 0 Å². The minimum atomic E-state index is -0.704. The van der Waals surface area contributed by atoms with E-state index in [-0.39, 0.29) is 30.6 Å². The molecule has 140 valence electrons. The van der Waals surface area contributed by atoms with Crippen molar-refractivity contribution < 1.29 is 13.6 Å². The van der Waals surface area contributed by atoms with Crippen molar-refractivity contribution in [2.75, 3.05) is 13.1 Å². The van der Waals surface area contributed by atoms with Gasteiger partial charge >= 0.3 is 0 Å². The summed E-state index contributed by atoms with van der Waals surface area (Å²) in [6.45, 7) is 1.97. The predicted molar refractivity (Wildman–Crippen MR) is 98.2 cm³/mol. The fourth-order valence-corrected chi connectivity index (χ4v) is 3.16. The molecule has 1 saturated heterocycles. The summed E-state index contributed by atoms with van der Waals surface area (Å²) >= 11 is 0. The third-order valence-corrected chi connectivity index (χ3v) is 4.46. The Balaban J connectivity index is 0.00000243. The van der Waals surface area contributed by atoms with Crippen molar-refractivity contribution in [2.24, 2.45) is 0 Å². The molecule has 0 aliphatic carbocycles. The van der Waals surface area contributed by atoms with Crippen molar-refractivity contribution in [3.05, 3.63) is 65.5 Å². The summed E-state index contributed by atoms with van der Waals surface area (Å²) in [4.78, 5) is 18.9. The van der Waals surface area contributed by atoms with Gasteiger partial charge in [-0.2, -0.15) is 0 Å². The van der Waals surface area contributed by atoms with Crippen LogP contribution in [0.3, 0.4) is 0 Å². The Kier molecular flexibility index (Phi) is 7.48. The Morgan fingerprint density at radius 2 is 2.04 bits per heavy atom. The Morgan fingerprint density at radius 1 is 1.19 bits per heavy atom. The molecular weight excluding hydrogens is 360 g/mol. The highest BCUT2D eigenvalue weighted by Gasteiger charge is 2.28. The van der Waals surface area contributed by atoms with Crippen LogP contribution in [0.15, 0.2) is 42.6 Å². The van der Waals surface area contributed by atoms with E-state index in [9.17, 15) is 13.6 Å². The van der Waals surface area contributed by atoms with E-state index in [1.54, 1.807) is 17.2 Å². The van der Waals surface area contributed by atoms with Crippen LogP contribution in [-0.2, 0) is 6.54 Å². The minimum Gasteiger partial charge on any atom is -0.330 e. The first-order valence-electron chi connectivity index (χ1n) is 8.52. The maximum absolute atomic E-state index is 14.1. The number of aromatic nitrogens is 1. The van der Waals surface area contributed by atoms with Crippen molar-refractivity contribution in [3.63, 3.8) is 0 Å². The zero-order chi connectivity index (χ0) is 17.6. The van der Waals surface area contributed by atoms with Crippen molar-refractivity contribution in [3.8, 4) is 0 Å². The number of pyridine rings is 1. The average Bonchev–Trinajstić information content (AvgIpc) is 2.91. The van der Waals surface area contributed by atoms with Crippen molar-refractivity contribution in [1.29, 1.82) is 0 Å². The second-order valence-corrected chi connectivity index (χ2v) is 6.21. The second kappa shape index (κ2) is 9.59. The van der Waals surface area contributed by atoms with Crippen LogP contribution >= 0.6 is 12.4 Å². The lowest BCUT2D eigenvalue weighted by molar-refractivity contribution is 0.0637. The normalized spacial score (nSPS) is 17.1. The third-order valence-electron chi connectivity index (χ3n) is 4.46. The zero-order valence-electron chi connectivity index (χ0n) is 14.3. The first-order chi connectivity index (χ1) is 12.1. The second-order valence-electron chi connectivity index (χ2n) is 6.21. The van der Waals surface area contributed by atoms with Crippen LogP contribution in [0.4, 0.5) is 8.78 Å². The number of hydrogen-bond donors (Lipinski definition) is 1. The molecule has 4 nitrogen and oxygen atoms in total. The summed E-state index contributed by atoms with van der Waals surface area (Å²) in [6, 6.07) is 8.43. The number of hydrogen-bond acceptors (Lipinski definition) is 3. The van der Waals surface area contributed by atoms with Crippen molar-refractivity contribution >= 4 is 18.3 Å². The van der Waals surface area contributed by atoms with Gasteiger partial charge in [-0.3, -0.25) is 9.78 Å². The number of nitrogens with one attached hydrogen (secondary N) is 1. The van der Waals surface area contributed by atoms with Gasteiger partial charge < -0.3 is 10.2 Å². The first-order valence-corrected chi connectivity index (χ1v) is 8.52. The number of carbonyl (C=O) groups is 1. The number of benzene rings is 1. The molecule has 1 amide bonds. The van der Waals surface area contributed by atoms with E-state index in [4.69, 9.17) is 0 Å². The van der Waals surface area contributed by atoms with E-state index in [0.717, 1.165) is 56.2 Å². The smallest absolute Gasteiger partial charge is 0.257 e. The molecule has 1 fully saturated rings. The predicted octanol–water partition coefficient (Wildman–Crippen LogP) is 3.57. The van der Waals surface area contributed by atoms with E-state index < -0.39 is 17.5 Å². The average molecular weight is 382 g/mol. The van der Waals surface area contributed by atoms with Gasteiger partial charge in [-0.1, -0.05) is 6.07 Å². The van der Waals surface area contributed by atoms with Gasteiger partial charge in [0.15, 0.2) is 0 Å². The number of rotatable bonds is 4. The van der Waals surface area contributed by atoms with Gasteiger partial charge in [-0.15, -0.1) is 12.4 Å². The molecule has 0 saturated carbocycles. The summed E-state index contributed by atoms with van der Waals surface area (Å²) < 4.78 is 27.7. The number of carbonyl (C=O) groups excluding carboxylic acids is 1. The van der Waals surface area contributed by atoms with Gasteiger partial charge in [0.2, 0.25) is 0 Å². The van der Waals surface area contributed by atoms with Gasteiger partial charge in [0.1, 0.15) is 11.6 Å². The largest absolute Gasteiger partial charge is 0.330 e. The lowest BCUT2D eigenvalue weighted by atomic mass is 10.0. The lowest BCUT2D eigenvalue weighted by Crippen LogP contribution is -2.41. The van der Waals surface area contributed by atoms with E-state index in [1.807, 2.05) is 12.1 Å². The fourth-order valence-electron chi connectivity index (χ4n) is 3.16. The lowest BCUT2D eigenvalue weighted by Gasteiger charge is -2.31. The summed E-state index contributed by atoms with van der Waals surface area (Å²) in [5.41, 5.74) is 0.498. The maximum atomic E-state index is 14.1.